The number of hydrogen-bond donors (Lipinski definition) is 1. The quantitative estimate of drug-likeness (QED) is 0.460. The molecule has 0 bridgehead atoms. The largest absolute Gasteiger partial charge is 0.435 e. The van der Waals surface area contributed by atoms with Crippen LogP contribution in [-0.4, -0.2) is 29.8 Å². The minimum atomic E-state index is -3.19. The van der Waals surface area contributed by atoms with Crippen LogP contribution in [0.2, 0.25) is 0 Å². The molecule has 6 nitrogen and oxygen atoms in total. The van der Waals surface area contributed by atoms with E-state index in [9.17, 15) is 22.4 Å². The average Bonchev–Trinajstić information content (AvgIpc) is 2.59. The van der Waals surface area contributed by atoms with Crippen LogP contribution in [-0.2, 0) is 0 Å². The number of nitrogens with zero attached hydrogens (tertiary/aromatic N) is 2. The molecular weight excluding hydrogens is 358 g/mol. The standard InChI is InChI=1S/C16H13F4N3O3/c1-9(22-23-14(24)12-4-2-3-7-21-12)11-6-5-10(25-15(17)18)8-13(11)26-16(19)20/h2-8,15-16H,1H3,(H,23,24)/b22-9-. The molecule has 0 saturated heterocycles. The Morgan fingerprint density at radius 3 is 2.46 bits per heavy atom. The minimum absolute atomic E-state index is 0.0632. The van der Waals surface area contributed by atoms with Crippen LogP contribution >= 0.6 is 0 Å². The summed E-state index contributed by atoms with van der Waals surface area (Å²) in [5.74, 6) is -1.39. The second-order valence-corrected chi connectivity index (χ2v) is 4.77. The van der Waals surface area contributed by atoms with Crippen LogP contribution in [0.15, 0.2) is 47.7 Å². The monoisotopic (exact) mass is 371 g/mol. The van der Waals surface area contributed by atoms with E-state index < -0.39 is 24.9 Å². The molecule has 1 aromatic heterocycles. The van der Waals surface area contributed by atoms with Crippen LogP contribution in [0.4, 0.5) is 17.6 Å². The third-order valence-electron chi connectivity index (χ3n) is 3.01. The zero-order valence-corrected chi connectivity index (χ0v) is 13.3. The van der Waals surface area contributed by atoms with Gasteiger partial charge in [-0.25, -0.2) is 5.43 Å². The van der Waals surface area contributed by atoms with Gasteiger partial charge in [0.15, 0.2) is 0 Å². The molecular formula is C16H13F4N3O3. The maximum Gasteiger partial charge on any atom is 0.387 e. The molecule has 1 N–H and O–H groups in total. The molecule has 10 heteroatoms. The molecule has 2 aromatic rings. The number of alkyl halides is 4. The molecule has 0 aliphatic heterocycles. The molecule has 0 atom stereocenters. The second kappa shape index (κ2) is 8.79. The molecule has 1 aromatic carbocycles. The fourth-order valence-corrected chi connectivity index (χ4v) is 1.92. The Bertz CT molecular complexity index is 786. The summed E-state index contributed by atoms with van der Waals surface area (Å²) >= 11 is 0. The summed E-state index contributed by atoms with van der Waals surface area (Å²) in [4.78, 5) is 15.7. The van der Waals surface area contributed by atoms with Gasteiger partial charge in [0.2, 0.25) is 0 Å². The fourth-order valence-electron chi connectivity index (χ4n) is 1.92. The molecule has 0 saturated carbocycles. The van der Waals surface area contributed by atoms with E-state index >= 15 is 0 Å². The maximum absolute atomic E-state index is 12.6. The van der Waals surface area contributed by atoms with E-state index in [2.05, 4.69) is 25.0 Å². The van der Waals surface area contributed by atoms with Gasteiger partial charge in [-0.2, -0.15) is 22.7 Å². The third kappa shape index (κ3) is 5.43. The number of rotatable bonds is 7. The van der Waals surface area contributed by atoms with Crippen LogP contribution in [0.5, 0.6) is 11.5 Å². The Morgan fingerprint density at radius 2 is 1.85 bits per heavy atom. The average molecular weight is 371 g/mol. The second-order valence-electron chi connectivity index (χ2n) is 4.77. The molecule has 26 heavy (non-hydrogen) atoms. The van der Waals surface area contributed by atoms with E-state index in [0.717, 1.165) is 12.1 Å². The summed E-state index contributed by atoms with van der Waals surface area (Å²) in [6.07, 6.45) is 1.42. The number of benzene rings is 1. The van der Waals surface area contributed by atoms with E-state index in [0.29, 0.717) is 0 Å². The van der Waals surface area contributed by atoms with Crippen LogP contribution in [0.1, 0.15) is 23.0 Å². The fraction of sp³-hybridized carbons (Fsp3) is 0.188. The number of ether oxygens (including phenoxy) is 2. The van der Waals surface area contributed by atoms with Gasteiger partial charge < -0.3 is 9.47 Å². The van der Waals surface area contributed by atoms with Crippen molar-refractivity contribution in [3.8, 4) is 11.5 Å². The predicted molar refractivity (Wildman–Crippen MR) is 83.6 cm³/mol. The van der Waals surface area contributed by atoms with Gasteiger partial charge in [0.1, 0.15) is 17.2 Å². The van der Waals surface area contributed by atoms with Gasteiger partial charge in [-0.15, -0.1) is 0 Å². The molecule has 1 heterocycles. The van der Waals surface area contributed by atoms with Crippen molar-refractivity contribution in [2.45, 2.75) is 20.1 Å². The summed E-state index contributed by atoms with van der Waals surface area (Å²) in [5, 5.41) is 3.79. The minimum Gasteiger partial charge on any atom is -0.435 e. The van der Waals surface area contributed by atoms with Gasteiger partial charge >= 0.3 is 13.2 Å². The van der Waals surface area contributed by atoms with Crippen molar-refractivity contribution in [3.63, 3.8) is 0 Å². The molecule has 0 radical (unpaired) electrons. The number of hydrazone groups is 1. The lowest BCUT2D eigenvalue weighted by Crippen LogP contribution is -2.20. The first-order chi connectivity index (χ1) is 12.4. The zero-order valence-electron chi connectivity index (χ0n) is 13.3. The third-order valence-corrected chi connectivity index (χ3v) is 3.01. The molecule has 2 rings (SSSR count). The van der Waals surface area contributed by atoms with Crippen molar-refractivity contribution in [2.24, 2.45) is 5.10 Å². The van der Waals surface area contributed by atoms with Gasteiger partial charge in [0.25, 0.3) is 5.91 Å². The number of pyridine rings is 1. The Hall–Kier alpha value is -3.17. The highest BCUT2D eigenvalue weighted by Gasteiger charge is 2.15. The van der Waals surface area contributed by atoms with Crippen molar-refractivity contribution in [1.82, 2.24) is 10.4 Å². The van der Waals surface area contributed by atoms with E-state index in [1.807, 2.05) is 0 Å². The lowest BCUT2D eigenvalue weighted by atomic mass is 10.1. The van der Waals surface area contributed by atoms with Gasteiger partial charge in [-0.3, -0.25) is 9.78 Å². The van der Waals surface area contributed by atoms with Crippen molar-refractivity contribution < 1.29 is 31.8 Å². The predicted octanol–water partition coefficient (Wildman–Crippen LogP) is 3.44. The highest BCUT2D eigenvalue weighted by molar-refractivity contribution is 6.02. The van der Waals surface area contributed by atoms with E-state index in [1.54, 1.807) is 12.1 Å². The number of hydrogen-bond acceptors (Lipinski definition) is 5. The lowest BCUT2D eigenvalue weighted by molar-refractivity contribution is -0.0543. The first-order valence-corrected chi connectivity index (χ1v) is 7.16. The number of carbonyl (C=O) groups is 1. The van der Waals surface area contributed by atoms with Crippen LogP contribution in [0.3, 0.4) is 0 Å². The molecule has 0 spiro atoms. The van der Waals surface area contributed by atoms with Crippen molar-refractivity contribution in [1.29, 1.82) is 0 Å². The number of halogens is 4. The van der Waals surface area contributed by atoms with Gasteiger partial charge in [-0.05, 0) is 31.2 Å². The van der Waals surface area contributed by atoms with Crippen molar-refractivity contribution >= 4 is 11.6 Å². The van der Waals surface area contributed by atoms with E-state index in [1.165, 1.54) is 25.3 Å². The van der Waals surface area contributed by atoms with Crippen molar-refractivity contribution in [3.05, 3.63) is 53.9 Å². The highest BCUT2D eigenvalue weighted by Crippen LogP contribution is 2.28. The Kier molecular flexibility index (Phi) is 6.48. The molecule has 0 fully saturated rings. The Balaban J connectivity index is 2.22. The number of aromatic nitrogens is 1. The van der Waals surface area contributed by atoms with Crippen LogP contribution < -0.4 is 14.9 Å². The van der Waals surface area contributed by atoms with E-state index in [4.69, 9.17) is 0 Å². The molecule has 138 valence electrons. The molecule has 1 amide bonds. The topological polar surface area (TPSA) is 72.8 Å². The van der Waals surface area contributed by atoms with Crippen molar-refractivity contribution in [2.75, 3.05) is 0 Å². The highest BCUT2D eigenvalue weighted by atomic mass is 19.3. The summed E-state index contributed by atoms with van der Waals surface area (Å²) in [7, 11) is 0. The smallest absolute Gasteiger partial charge is 0.387 e. The van der Waals surface area contributed by atoms with Gasteiger partial charge in [0.05, 0.1) is 5.71 Å². The van der Waals surface area contributed by atoms with Gasteiger partial charge in [-0.1, -0.05) is 6.07 Å². The first-order valence-electron chi connectivity index (χ1n) is 7.16. The Morgan fingerprint density at radius 1 is 1.12 bits per heavy atom. The normalized spacial score (nSPS) is 11.6. The summed E-state index contributed by atoms with van der Waals surface area (Å²) in [6, 6.07) is 7.92. The van der Waals surface area contributed by atoms with E-state index in [-0.39, 0.29) is 22.7 Å². The van der Waals surface area contributed by atoms with Crippen LogP contribution in [0.25, 0.3) is 0 Å². The SMILES string of the molecule is C/C(=N/NC(=O)c1ccccn1)c1ccc(OC(F)F)cc1OC(F)F. The summed E-state index contributed by atoms with van der Waals surface area (Å²) in [6.45, 7) is -4.89. The molecule has 0 aliphatic rings. The number of carbonyl (C=O) groups excluding carboxylic acids is 1. The van der Waals surface area contributed by atoms with Crippen LogP contribution in [0, 0.1) is 0 Å². The number of amides is 1. The molecule has 0 unspecified atom stereocenters. The number of nitrogens with one attached hydrogen (secondary N) is 1. The lowest BCUT2D eigenvalue weighted by Gasteiger charge is -2.13. The maximum atomic E-state index is 12.6. The summed E-state index contributed by atoms with van der Waals surface area (Å²) in [5.41, 5.74) is 2.49. The summed E-state index contributed by atoms with van der Waals surface area (Å²) < 4.78 is 58.1. The first kappa shape index (κ1) is 19.2. The van der Waals surface area contributed by atoms with Gasteiger partial charge in [0, 0.05) is 17.8 Å². The Labute approximate surface area is 145 Å². The zero-order chi connectivity index (χ0) is 19.1. The molecule has 0 aliphatic carbocycles.